The Kier molecular flexibility index (Phi) is 5.85. The molecule has 0 fully saturated rings. The van der Waals surface area contributed by atoms with Crippen LogP contribution in [0.3, 0.4) is 0 Å². The summed E-state index contributed by atoms with van der Waals surface area (Å²) in [4.78, 5) is 2.42. The van der Waals surface area contributed by atoms with E-state index < -0.39 is 6.10 Å². The molecule has 0 aromatic heterocycles. The van der Waals surface area contributed by atoms with Gasteiger partial charge in [0.15, 0.2) is 0 Å². The molecule has 0 heterocycles. The predicted octanol–water partition coefficient (Wildman–Crippen LogP) is 5.17. The molecule has 0 aliphatic rings. The van der Waals surface area contributed by atoms with Crippen molar-refractivity contribution in [2.75, 3.05) is 6.54 Å². The third-order valence-electron chi connectivity index (χ3n) is 4.81. The lowest BCUT2D eigenvalue weighted by Crippen LogP contribution is -2.32. The summed E-state index contributed by atoms with van der Waals surface area (Å²) in [5.41, 5.74) is 2.32. The maximum Gasteiger partial charge on any atom is 0.0802 e. The lowest BCUT2D eigenvalue weighted by Gasteiger charge is -2.27. The molecular weight excluding hydrogens is 306 g/mol. The van der Waals surface area contributed by atoms with E-state index in [-0.39, 0.29) is 0 Å². The first kappa shape index (κ1) is 17.7. The molecule has 3 aromatic rings. The second-order valence-corrected chi connectivity index (χ2v) is 6.96. The molecule has 0 saturated carbocycles. The van der Waals surface area contributed by atoms with Gasteiger partial charge in [-0.05, 0) is 48.2 Å². The number of hydrogen-bond acceptors (Lipinski definition) is 2. The Morgan fingerprint density at radius 2 is 1.52 bits per heavy atom. The minimum absolute atomic E-state index is 0.429. The number of rotatable bonds is 7. The summed E-state index contributed by atoms with van der Waals surface area (Å²) in [5.74, 6) is 0. The van der Waals surface area contributed by atoms with Gasteiger partial charge in [-0.2, -0.15) is 0 Å². The second kappa shape index (κ2) is 8.28. The predicted molar refractivity (Wildman–Crippen MR) is 106 cm³/mol. The van der Waals surface area contributed by atoms with Gasteiger partial charge in [-0.3, -0.25) is 4.90 Å². The van der Waals surface area contributed by atoms with Crippen molar-refractivity contribution in [3.8, 4) is 0 Å². The first-order valence-corrected chi connectivity index (χ1v) is 9.08. The number of nitrogens with zero attached hydrogens (tertiary/aromatic N) is 1. The minimum atomic E-state index is -0.429. The molecule has 2 nitrogen and oxygen atoms in total. The van der Waals surface area contributed by atoms with Crippen molar-refractivity contribution in [2.45, 2.75) is 39.0 Å². The molecule has 0 aliphatic carbocycles. The molecule has 0 amide bonds. The zero-order valence-electron chi connectivity index (χ0n) is 15.1. The molecule has 1 unspecified atom stereocenters. The molecule has 0 aliphatic heterocycles. The first-order chi connectivity index (χ1) is 12.1. The van der Waals surface area contributed by atoms with Gasteiger partial charge < -0.3 is 5.11 Å². The van der Waals surface area contributed by atoms with Gasteiger partial charge in [0.2, 0.25) is 0 Å². The number of aliphatic hydroxyl groups is 1. The van der Waals surface area contributed by atoms with Crippen molar-refractivity contribution >= 4 is 10.8 Å². The van der Waals surface area contributed by atoms with Gasteiger partial charge in [-0.15, -0.1) is 0 Å². The highest BCUT2D eigenvalue weighted by Gasteiger charge is 2.14. The highest BCUT2D eigenvalue weighted by molar-refractivity contribution is 5.83. The van der Waals surface area contributed by atoms with Gasteiger partial charge in [0, 0.05) is 19.1 Å². The SMILES string of the molecule is CC(C)N(CCC(O)c1ccc2ccccc2c1)Cc1ccccc1. The summed E-state index contributed by atoms with van der Waals surface area (Å²) in [6.07, 6.45) is 0.310. The lowest BCUT2D eigenvalue weighted by molar-refractivity contribution is 0.127. The highest BCUT2D eigenvalue weighted by Crippen LogP contribution is 2.23. The van der Waals surface area contributed by atoms with Crippen LogP contribution in [0.25, 0.3) is 10.8 Å². The van der Waals surface area contributed by atoms with Crippen LogP contribution in [-0.2, 0) is 6.54 Å². The fraction of sp³-hybridized carbons (Fsp3) is 0.304. The van der Waals surface area contributed by atoms with Crippen LogP contribution in [0.5, 0.6) is 0 Å². The minimum Gasteiger partial charge on any atom is -0.388 e. The van der Waals surface area contributed by atoms with Crippen LogP contribution in [0.2, 0.25) is 0 Å². The average molecular weight is 333 g/mol. The summed E-state index contributed by atoms with van der Waals surface area (Å²) in [5, 5.41) is 13.0. The number of hydrogen-bond donors (Lipinski definition) is 1. The third-order valence-corrected chi connectivity index (χ3v) is 4.81. The van der Waals surface area contributed by atoms with E-state index in [2.05, 4.69) is 67.3 Å². The number of benzene rings is 3. The molecule has 0 spiro atoms. The summed E-state index contributed by atoms with van der Waals surface area (Å²) >= 11 is 0. The van der Waals surface area contributed by atoms with Crippen molar-refractivity contribution in [3.63, 3.8) is 0 Å². The zero-order valence-corrected chi connectivity index (χ0v) is 15.1. The van der Waals surface area contributed by atoms with Crippen molar-refractivity contribution in [2.24, 2.45) is 0 Å². The fourth-order valence-electron chi connectivity index (χ4n) is 3.21. The Bertz CT molecular complexity index is 797. The molecule has 3 aromatic carbocycles. The monoisotopic (exact) mass is 333 g/mol. The molecular formula is C23H27NO. The van der Waals surface area contributed by atoms with Gasteiger partial charge in [0.05, 0.1) is 6.10 Å². The van der Waals surface area contributed by atoms with Crippen LogP contribution < -0.4 is 0 Å². The van der Waals surface area contributed by atoms with Crippen LogP contribution in [0.4, 0.5) is 0 Å². The van der Waals surface area contributed by atoms with Gasteiger partial charge >= 0.3 is 0 Å². The molecule has 1 atom stereocenters. The molecule has 130 valence electrons. The molecule has 0 saturated heterocycles. The number of fused-ring (bicyclic) bond motifs is 1. The Morgan fingerprint density at radius 1 is 0.840 bits per heavy atom. The third kappa shape index (κ3) is 4.68. The normalized spacial score (nSPS) is 12.8. The lowest BCUT2D eigenvalue weighted by atomic mass is 10.0. The van der Waals surface area contributed by atoms with Crippen molar-refractivity contribution in [3.05, 3.63) is 83.9 Å². The maximum absolute atomic E-state index is 10.7. The fourth-order valence-corrected chi connectivity index (χ4v) is 3.21. The van der Waals surface area contributed by atoms with Crippen LogP contribution >= 0.6 is 0 Å². The first-order valence-electron chi connectivity index (χ1n) is 9.08. The zero-order chi connectivity index (χ0) is 17.6. The largest absolute Gasteiger partial charge is 0.388 e. The van der Waals surface area contributed by atoms with E-state index in [0.29, 0.717) is 6.04 Å². The summed E-state index contributed by atoms with van der Waals surface area (Å²) in [6, 6.07) is 25.5. The maximum atomic E-state index is 10.7. The van der Waals surface area contributed by atoms with E-state index in [0.717, 1.165) is 25.1 Å². The van der Waals surface area contributed by atoms with E-state index >= 15 is 0 Å². The second-order valence-electron chi connectivity index (χ2n) is 6.96. The van der Waals surface area contributed by atoms with Gasteiger partial charge in [0.1, 0.15) is 0 Å². The van der Waals surface area contributed by atoms with Crippen molar-refractivity contribution in [1.82, 2.24) is 4.90 Å². The molecule has 2 heteroatoms. The molecule has 3 rings (SSSR count). The summed E-state index contributed by atoms with van der Waals surface area (Å²) in [7, 11) is 0. The van der Waals surface area contributed by atoms with Crippen LogP contribution in [0, 0.1) is 0 Å². The Balaban J connectivity index is 1.65. The van der Waals surface area contributed by atoms with Crippen LogP contribution in [0.1, 0.15) is 37.5 Å². The highest BCUT2D eigenvalue weighted by atomic mass is 16.3. The smallest absolute Gasteiger partial charge is 0.0802 e. The molecule has 0 radical (unpaired) electrons. The van der Waals surface area contributed by atoms with Gasteiger partial charge in [0.25, 0.3) is 0 Å². The van der Waals surface area contributed by atoms with Crippen molar-refractivity contribution < 1.29 is 5.11 Å². The van der Waals surface area contributed by atoms with E-state index in [4.69, 9.17) is 0 Å². The Labute approximate surface area is 150 Å². The van der Waals surface area contributed by atoms with Crippen LogP contribution in [-0.4, -0.2) is 22.6 Å². The van der Waals surface area contributed by atoms with Crippen LogP contribution in [0.15, 0.2) is 72.8 Å². The number of aliphatic hydroxyl groups excluding tert-OH is 1. The molecule has 1 N–H and O–H groups in total. The summed E-state index contributed by atoms with van der Waals surface area (Å²) < 4.78 is 0. The van der Waals surface area contributed by atoms with Gasteiger partial charge in [-0.1, -0.05) is 66.7 Å². The van der Waals surface area contributed by atoms with Crippen molar-refractivity contribution in [1.29, 1.82) is 0 Å². The topological polar surface area (TPSA) is 23.5 Å². The Hall–Kier alpha value is -2.16. The van der Waals surface area contributed by atoms with E-state index in [1.54, 1.807) is 0 Å². The molecule has 0 bridgehead atoms. The van der Waals surface area contributed by atoms with Gasteiger partial charge in [-0.25, -0.2) is 0 Å². The molecule has 25 heavy (non-hydrogen) atoms. The van der Waals surface area contributed by atoms with E-state index in [1.807, 2.05) is 24.3 Å². The summed E-state index contributed by atoms with van der Waals surface area (Å²) in [6.45, 7) is 6.22. The standard InChI is InChI=1S/C23H27NO/c1-18(2)24(17-19-8-4-3-5-9-19)15-14-23(25)22-13-12-20-10-6-7-11-21(20)16-22/h3-13,16,18,23,25H,14-15,17H2,1-2H3. The quantitative estimate of drug-likeness (QED) is 0.644. The van der Waals surface area contributed by atoms with E-state index in [9.17, 15) is 5.11 Å². The Morgan fingerprint density at radius 3 is 2.24 bits per heavy atom. The van der Waals surface area contributed by atoms with E-state index in [1.165, 1.54) is 16.3 Å². The average Bonchev–Trinajstić information content (AvgIpc) is 2.65.